The first kappa shape index (κ1) is 25.9. The molecule has 6 nitrogen and oxygen atoms in total. The Kier molecular flexibility index (Phi) is 13.2. The van der Waals surface area contributed by atoms with Crippen molar-refractivity contribution in [2.75, 3.05) is 46.4 Å². The first-order valence-electron chi connectivity index (χ1n) is 10.3. The number of halogens is 2. The number of nitrogens with one attached hydrogen (secondary N) is 2. The van der Waals surface area contributed by atoms with Gasteiger partial charge in [-0.15, -0.1) is 24.0 Å². The number of hydrogen-bond donors (Lipinski definition) is 2. The number of guanidine groups is 1. The Bertz CT molecular complexity index is 598. The molecule has 29 heavy (non-hydrogen) atoms. The Morgan fingerprint density at radius 1 is 1.31 bits per heavy atom. The first-order valence-corrected chi connectivity index (χ1v) is 10.3. The molecule has 0 aliphatic carbocycles. The van der Waals surface area contributed by atoms with Crippen molar-refractivity contribution in [2.24, 2.45) is 4.99 Å². The van der Waals surface area contributed by atoms with Crippen molar-refractivity contribution in [2.45, 2.75) is 45.3 Å². The quantitative estimate of drug-likeness (QED) is 0.214. The maximum absolute atomic E-state index is 13.7. The van der Waals surface area contributed by atoms with E-state index in [1.807, 2.05) is 6.92 Å². The van der Waals surface area contributed by atoms with Gasteiger partial charge in [0.05, 0.1) is 6.54 Å². The summed E-state index contributed by atoms with van der Waals surface area (Å²) in [6.45, 7) is 9.31. The van der Waals surface area contributed by atoms with Gasteiger partial charge in [-0.05, 0) is 45.2 Å². The standard InChI is InChI=1S/C21H35FN4O2.HI/c1-4-23-21(24-16-17(2)28-20-9-6-5-8-19(20)22)25-18-10-13-26(14-11-18)12-7-15-27-3;/h5-6,8-9,17-18H,4,7,10-16H2,1-3H3,(H2,23,24,25);1H. The molecule has 0 spiro atoms. The van der Waals surface area contributed by atoms with E-state index in [-0.39, 0.29) is 41.6 Å². The van der Waals surface area contributed by atoms with Crippen LogP contribution in [0.2, 0.25) is 0 Å². The molecule has 1 aromatic rings. The largest absolute Gasteiger partial charge is 0.486 e. The second-order valence-electron chi connectivity index (χ2n) is 7.19. The Morgan fingerprint density at radius 3 is 2.69 bits per heavy atom. The number of piperidine rings is 1. The van der Waals surface area contributed by atoms with Gasteiger partial charge in [0.2, 0.25) is 0 Å². The van der Waals surface area contributed by atoms with Crippen LogP contribution in [0.15, 0.2) is 29.3 Å². The maximum atomic E-state index is 13.7. The molecular formula is C21H36FIN4O2. The Labute approximate surface area is 191 Å². The third kappa shape index (κ3) is 9.95. The lowest BCUT2D eigenvalue weighted by atomic mass is 10.1. The van der Waals surface area contributed by atoms with Gasteiger partial charge in [0.15, 0.2) is 17.5 Å². The zero-order chi connectivity index (χ0) is 20.2. The predicted molar refractivity (Wildman–Crippen MR) is 127 cm³/mol. The fourth-order valence-electron chi connectivity index (χ4n) is 3.26. The lowest BCUT2D eigenvalue weighted by Crippen LogP contribution is -2.49. The average Bonchev–Trinajstić information content (AvgIpc) is 2.69. The monoisotopic (exact) mass is 522 g/mol. The number of rotatable bonds is 10. The molecule has 0 radical (unpaired) electrons. The summed E-state index contributed by atoms with van der Waals surface area (Å²) in [7, 11) is 1.75. The molecule has 1 saturated heterocycles. The normalized spacial score (nSPS) is 16.8. The van der Waals surface area contributed by atoms with Gasteiger partial charge in [0.1, 0.15) is 6.10 Å². The number of para-hydroxylation sites is 1. The molecule has 1 heterocycles. The van der Waals surface area contributed by atoms with Crippen LogP contribution in [0.1, 0.15) is 33.1 Å². The van der Waals surface area contributed by atoms with Crippen molar-refractivity contribution in [3.63, 3.8) is 0 Å². The number of aliphatic imine (C=N–C) groups is 1. The third-order valence-electron chi connectivity index (χ3n) is 4.77. The Balaban J connectivity index is 0.00000420. The molecule has 8 heteroatoms. The molecule has 0 saturated carbocycles. The van der Waals surface area contributed by atoms with E-state index in [0.717, 1.165) is 58.0 Å². The summed E-state index contributed by atoms with van der Waals surface area (Å²) < 4.78 is 24.5. The molecule has 1 aromatic carbocycles. The van der Waals surface area contributed by atoms with Crippen molar-refractivity contribution in [3.05, 3.63) is 30.1 Å². The second kappa shape index (κ2) is 14.8. The lowest BCUT2D eigenvalue weighted by molar-refractivity contribution is 0.155. The smallest absolute Gasteiger partial charge is 0.191 e. The molecule has 1 aliphatic rings. The van der Waals surface area contributed by atoms with Crippen LogP contribution < -0.4 is 15.4 Å². The fraction of sp³-hybridized carbons (Fsp3) is 0.667. The summed E-state index contributed by atoms with van der Waals surface area (Å²) in [5.74, 6) is 0.717. The minimum absolute atomic E-state index is 0. The number of likely N-dealkylation sites (tertiary alicyclic amines) is 1. The highest BCUT2D eigenvalue weighted by Gasteiger charge is 2.19. The highest BCUT2D eigenvalue weighted by molar-refractivity contribution is 14.0. The summed E-state index contributed by atoms with van der Waals surface area (Å²) >= 11 is 0. The van der Waals surface area contributed by atoms with E-state index in [1.165, 1.54) is 6.07 Å². The molecule has 0 bridgehead atoms. The molecule has 0 amide bonds. The number of ether oxygens (including phenoxy) is 2. The Hall–Kier alpha value is -1.13. The van der Waals surface area contributed by atoms with Crippen LogP contribution >= 0.6 is 24.0 Å². The zero-order valence-electron chi connectivity index (χ0n) is 17.8. The SMILES string of the molecule is CCNC(=NCC(C)Oc1ccccc1F)NC1CCN(CCCOC)CC1.I. The highest BCUT2D eigenvalue weighted by Crippen LogP contribution is 2.17. The molecule has 2 rings (SSSR count). The van der Waals surface area contributed by atoms with Crippen molar-refractivity contribution < 1.29 is 13.9 Å². The van der Waals surface area contributed by atoms with Crippen molar-refractivity contribution in [1.82, 2.24) is 15.5 Å². The van der Waals surface area contributed by atoms with Crippen LogP contribution in [0.5, 0.6) is 5.75 Å². The van der Waals surface area contributed by atoms with E-state index in [2.05, 4.69) is 27.4 Å². The van der Waals surface area contributed by atoms with Crippen LogP contribution in [0.4, 0.5) is 4.39 Å². The molecule has 1 unspecified atom stereocenters. The average molecular weight is 522 g/mol. The van der Waals surface area contributed by atoms with E-state index in [4.69, 9.17) is 9.47 Å². The van der Waals surface area contributed by atoms with Gasteiger partial charge in [-0.1, -0.05) is 12.1 Å². The summed E-state index contributed by atoms with van der Waals surface area (Å²) in [6.07, 6.45) is 3.06. The van der Waals surface area contributed by atoms with Gasteiger partial charge in [-0.25, -0.2) is 9.38 Å². The topological polar surface area (TPSA) is 58.1 Å². The zero-order valence-corrected chi connectivity index (χ0v) is 20.2. The molecule has 1 aliphatic heterocycles. The van der Waals surface area contributed by atoms with E-state index in [0.29, 0.717) is 12.6 Å². The van der Waals surface area contributed by atoms with Gasteiger partial charge in [-0.2, -0.15) is 0 Å². The molecule has 166 valence electrons. The Morgan fingerprint density at radius 2 is 2.03 bits per heavy atom. The lowest BCUT2D eigenvalue weighted by Gasteiger charge is -2.33. The highest BCUT2D eigenvalue weighted by atomic mass is 127. The first-order chi connectivity index (χ1) is 13.6. The molecule has 1 fully saturated rings. The van der Waals surface area contributed by atoms with Crippen LogP contribution in [0.25, 0.3) is 0 Å². The van der Waals surface area contributed by atoms with Crippen molar-refractivity contribution >= 4 is 29.9 Å². The van der Waals surface area contributed by atoms with E-state index >= 15 is 0 Å². The number of hydrogen-bond acceptors (Lipinski definition) is 4. The van der Waals surface area contributed by atoms with Gasteiger partial charge >= 0.3 is 0 Å². The van der Waals surface area contributed by atoms with Crippen LogP contribution in [-0.4, -0.2) is 69.4 Å². The molecule has 2 N–H and O–H groups in total. The van der Waals surface area contributed by atoms with Crippen LogP contribution in [0, 0.1) is 5.82 Å². The van der Waals surface area contributed by atoms with Crippen LogP contribution in [0.3, 0.4) is 0 Å². The van der Waals surface area contributed by atoms with E-state index in [9.17, 15) is 4.39 Å². The van der Waals surface area contributed by atoms with E-state index < -0.39 is 0 Å². The second-order valence-corrected chi connectivity index (χ2v) is 7.19. The number of methoxy groups -OCH3 is 1. The van der Waals surface area contributed by atoms with Gasteiger partial charge in [0, 0.05) is 45.9 Å². The fourth-order valence-corrected chi connectivity index (χ4v) is 3.26. The van der Waals surface area contributed by atoms with Crippen LogP contribution in [-0.2, 0) is 4.74 Å². The van der Waals surface area contributed by atoms with Gasteiger partial charge < -0.3 is 25.0 Å². The molecule has 0 aromatic heterocycles. The molecular weight excluding hydrogens is 486 g/mol. The van der Waals surface area contributed by atoms with Crippen molar-refractivity contribution in [3.8, 4) is 5.75 Å². The predicted octanol–water partition coefficient (Wildman–Crippen LogP) is 3.27. The summed E-state index contributed by atoms with van der Waals surface area (Å²) in [5, 5.41) is 6.83. The third-order valence-corrected chi connectivity index (χ3v) is 4.77. The summed E-state index contributed by atoms with van der Waals surface area (Å²) in [5.41, 5.74) is 0. The minimum atomic E-state index is -0.347. The number of benzene rings is 1. The number of nitrogens with zero attached hydrogens (tertiary/aromatic N) is 2. The van der Waals surface area contributed by atoms with Gasteiger partial charge in [-0.3, -0.25) is 0 Å². The van der Waals surface area contributed by atoms with E-state index in [1.54, 1.807) is 25.3 Å². The maximum Gasteiger partial charge on any atom is 0.191 e. The van der Waals surface area contributed by atoms with Gasteiger partial charge in [0.25, 0.3) is 0 Å². The summed E-state index contributed by atoms with van der Waals surface area (Å²) in [6, 6.07) is 6.88. The minimum Gasteiger partial charge on any atom is -0.486 e. The summed E-state index contributed by atoms with van der Waals surface area (Å²) in [4.78, 5) is 7.12. The molecule has 1 atom stereocenters. The van der Waals surface area contributed by atoms with Crippen molar-refractivity contribution in [1.29, 1.82) is 0 Å².